The fourth-order valence-corrected chi connectivity index (χ4v) is 3.47. The fraction of sp³-hybridized carbons (Fsp3) is 0.600. The van der Waals surface area contributed by atoms with E-state index in [0.29, 0.717) is 12.1 Å². The lowest BCUT2D eigenvalue weighted by molar-refractivity contribution is -0.131. The first kappa shape index (κ1) is 23.1. The molecule has 0 unspecified atom stereocenters. The minimum atomic E-state index is -3.48. The van der Waals surface area contributed by atoms with E-state index < -0.39 is 10.0 Å². The van der Waals surface area contributed by atoms with Crippen LogP contribution in [0.1, 0.15) is 69.2 Å². The smallest absolute Gasteiger partial charge is 0.229 e. The van der Waals surface area contributed by atoms with Gasteiger partial charge in [0.2, 0.25) is 15.9 Å². The number of rotatable bonds is 13. The van der Waals surface area contributed by atoms with Gasteiger partial charge in [0.1, 0.15) is 0 Å². The van der Waals surface area contributed by atoms with Gasteiger partial charge in [-0.1, -0.05) is 44.7 Å². The predicted octanol–water partition coefficient (Wildman–Crippen LogP) is 3.84. The van der Waals surface area contributed by atoms with Crippen molar-refractivity contribution in [2.45, 2.75) is 58.8 Å². The summed E-state index contributed by atoms with van der Waals surface area (Å²) < 4.78 is 25.3. The first-order chi connectivity index (χ1) is 12.8. The van der Waals surface area contributed by atoms with E-state index in [1.54, 1.807) is 29.2 Å². The Balaban J connectivity index is 2.59. The Morgan fingerprint density at radius 1 is 1.00 bits per heavy atom. The van der Waals surface area contributed by atoms with E-state index in [0.717, 1.165) is 25.6 Å². The van der Waals surface area contributed by atoms with Crippen LogP contribution >= 0.6 is 0 Å². The first-order valence-electron chi connectivity index (χ1n) is 9.66. The number of nitrogens with zero attached hydrogens (tertiary/aromatic N) is 1. The molecule has 7 heteroatoms. The van der Waals surface area contributed by atoms with Crippen molar-refractivity contribution >= 4 is 27.4 Å². The number of Topliss-reactive ketones (excluding diaryl/α,β-unsaturated/α-hetero) is 1. The van der Waals surface area contributed by atoms with E-state index in [1.165, 1.54) is 19.3 Å². The molecule has 1 N–H and O–H groups in total. The van der Waals surface area contributed by atoms with Gasteiger partial charge in [-0.2, -0.15) is 0 Å². The summed E-state index contributed by atoms with van der Waals surface area (Å²) >= 11 is 0. The third-order valence-corrected chi connectivity index (χ3v) is 4.95. The van der Waals surface area contributed by atoms with Gasteiger partial charge in [0.15, 0.2) is 5.78 Å². The van der Waals surface area contributed by atoms with E-state index in [-0.39, 0.29) is 30.2 Å². The number of carbonyl (C=O) groups is 2. The molecule has 6 nitrogen and oxygen atoms in total. The maximum atomic E-state index is 12.5. The van der Waals surface area contributed by atoms with Crippen LogP contribution < -0.4 is 4.72 Å². The minimum absolute atomic E-state index is 0.0325. The number of nitrogens with one attached hydrogen (secondary N) is 1. The van der Waals surface area contributed by atoms with Crippen LogP contribution in [0.15, 0.2) is 24.3 Å². The number of unbranched alkanes of at least 4 members (excludes halogenated alkanes) is 4. The Morgan fingerprint density at radius 2 is 1.67 bits per heavy atom. The van der Waals surface area contributed by atoms with Crippen molar-refractivity contribution in [1.82, 2.24) is 4.90 Å². The van der Waals surface area contributed by atoms with Crippen LogP contribution in [0, 0.1) is 0 Å². The molecule has 0 heterocycles. The summed E-state index contributed by atoms with van der Waals surface area (Å²) in [6.45, 7) is 5.46. The van der Waals surface area contributed by atoms with Crippen molar-refractivity contribution in [2.24, 2.45) is 0 Å². The Kier molecular flexibility index (Phi) is 10.1. The summed E-state index contributed by atoms with van der Waals surface area (Å²) in [4.78, 5) is 26.7. The van der Waals surface area contributed by atoms with E-state index in [4.69, 9.17) is 0 Å². The van der Waals surface area contributed by atoms with Gasteiger partial charge < -0.3 is 4.90 Å². The number of carbonyl (C=O) groups excluding carboxylic acids is 2. The van der Waals surface area contributed by atoms with Crippen LogP contribution in [0.25, 0.3) is 0 Å². The molecule has 0 aliphatic carbocycles. The maximum Gasteiger partial charge on any atom is 0.229 e. The molecule has 1 aromatic carbocycles. The summed E-state index contributed by atoms with van der Waals surface area (Å²) in [6.07, 6.45) is 6.92. The molecule has 0 saturated heterocycles. The Morgan fingerprint density at radius 3 is 2.30 bits per heavy atom. The second-order valence-electron chi connectivity index (χ2n) is 6.73. The highest BCUT2D eigenvalue weighted by atomic mass is 32.2. The number of benzene rings is 1. The molecule has 1 amide bonds. The molecule has 1 aromatic rings. The lowest BCUT2D eigenvalue weighted by atomic mass is 10.0. The molecule has 1 rings (SSSR count). The van der Waals surface area contributed by atoms with Gasteiger partial charge in [-0.25, -0.2) is 8.42 Å². The van der Waals surface area contributed by atoms with Crippen LogP contribution in [0.2, 0.25) is 0 Å². The topological polar surface area (TPSA) is 83.6 Å². The molecular weight excluding hydrogens is 364 g/mol. The molecule has 0 atom stereocenters. The van der Waals surface area contributed by atoms with E-state index in [9.17, 15) is 18.0 Å². The molecule has 0 fully saturated rings. The molecule has 0 aliphatic heterocycles. The Bertz CT molecular complexity index is 716. The molecule has 0 spiro atoms. The Hall–Kier alpha value is -1.89. The number of hydrogen-bond donors (Lipinski definition) is 1. The number of ketones is 1. The minimum Gasteiger partial charge on any atom is -0.343 e. The van der Waals surface area contributed by atoms with Gasteiger partial charge in [0, 0.05) is 31.5 Å². The zero-order valence-electron chi connectivity index (χ0n) is 16.7. The molecule has 0 radical (unpaired) electrons. The van der Waals surface area contributed by atoms with Crippen LogP contribution in [0.4, 0.5) is 5.69 Å². The zero-order valence-corrected chi connectivity index (χ0v) is 17.5. The summed E-state index contributed by atoms with van der Waals surface area (Å²) in [6, 6.07) is 6.46. The van der Waals surface area contributed by atoms with E-state index >= 15 is 0 Å². The second-order valence-corrected chi connectivity index (χ2v) is 8.48. The number of amides is 1. The first-order valence-corrected chi connectivity index (χ1v) is 11.6. The molecule has 0 aliphatic rings. The lowest BCUT2D eigenvalue weighted by Gasteiger charge is -2.21. The zero-order chi connectivity index (χ0) is 20.3. The molecule has 0 saturated carbocycles. The van der Waals surface area contributed by atoms with Gasteiger partial charge in [0.25, 0.3) is 0 Å². The van der Waals surface area contributed by atoms with Crippen molar-refractivity contribution in [1.29, 1.82) is 0 Å². The highest BCUT2D eigenvalue weighted by molar-refractivity contribution is 7.92. The van der Waals surface area contributed by atoms with Crippen LogP contribution in [0.3, 0.4) is 0 Å². The highest BCUT2D eigenvalue weighted by Crippen LogP contribution is 2.19. The fourth-order valence-electron chi connectivity index (χ4n) is 2.89. The van der Waals surface area contributed by atoms with E-state index in [1.807, 2.05) is 6.92 Å². The largest absolute Gasteiger partial charge is 0.343 e. The van der Waals surface area contributed by atoms with Crippen molar-refractivity contribution in [3.63, 3.8) is 0 Å². The van der Waals surface area contributed by atoms with Crippen molar-refractivity contribution in [2.75, 3.05) is 24.1 Å². The van der Waals surface area contributed by atoms with Gasteiger partial charge in [-0.15, -0.1) is 0 Å². The van der Waals surface area contributed by atoms with Gasteiger partial charge >= 0.3 is 0 Å². The molecular formula is C20H32N2O4S. The van der Waals surface area contributed by atoms with Crippen LogP contribution in [-0.4, -0.2) is 44.4 Å². The third-order valence-electron chi connectivity index (χ3n) is 4.35. The average molecular weight is 397 g/mol. The normalized spacial score (nSPS) is 11.2. The van der Waals surface area contributed by atoms with Crippen molar-refractivity contribution in [3.8, 4) is 0 Å². The van der Waals surface area contributed by atoms with Crippen molar-refractivity contribution in [3.05, 3.63) is 29.8 Å². The summed E-state index contributed by atoms with van der Waals surface area (Å²) in [5.74, 6) is -0.274. The molecule has 0 bridgehead atoms. The monoisotopic (exact) mass is 396 g/mol. The van der Waals surface area contributed by atoms with E-state index in [2.05, 4.69) is 11.6 Å². The predicted molar refractivity (Wildman–Crippen MR) is 109 cm³/mol. The van der Waals surface area contributed by atoms with Gasteiger partial charge in [0.05, 0.1) is 11.9 Å². The second kappa shape index (κ2) is 11.7. The van der Waals surface area contributed by atoms with Gasteiger partial charge in [-0.3, -0.25) is 14.3 Å². The number of hydrogen-bond acceptors (Lipinski definition) is 4. The SMILES string of the molecule is CCCCCCCN(CC)C(=O)CCC(=O)c1ccccc1NS(C)(=O)=O. The number of para-hydroxylation sites is 1. The number of anilines is 1. The summed E-state index contributed by atoms with van der Waals surface area (Å²) in [5, 5.41) is 0. The molecule has 0 aromatic heterocycles. The maximum absolute atomic E-state index is 12.5. The Labute approximate surface area is 163 Å². The highest BCUT2D eigenvalue weighted by Gasteiger charge is 2.17. The summed E-state index contributed by atoms with van der Waals surface area (Å²) in [5.41, 5.74) is 0.541. The standard InChI is InChI=1S/C20H32N2O4S/c1-4-6-7-8-11-16-22(5-2)20(24)15-14-19(23)17-12-9-10-13-18(17)21-27(3,25)26/h9-10,12-13,21H,4-8,11,14-16H2,1-3H3. The lowest BCUT2D eigenvalue weighted by Crippen LogP contribution is -2.32. The number of sulfonamides is 1. The van der Waals surface area contributed by atoms with Crippen LogP contribution in [-0.2, 0) is 14.8 Å². The van der Waals surface area contributed by atoms with Gasteiger partial charge in [-0.05, 0) is 25.5 Å². The molecule has 152 valence electrons. The third kappa shape index (κ3) is 9.04. The molecule has 27 heavy (non-hydrogen) atoms. The average Bonchev–Trinajstić information content (AvgIpc) is 2.61. The van der Waals surface area contributed by atoms with Crippen molar-refractivity contribution < 1.29 is 18.0 Å². The summed E-state index contributed by atoms with van der Waals surface area (Å²) in [7, 11) is -3.48. The van der Waals surface area contributed by atoms with Crippen LogP contribution in [0.5, 0.6) is 0 Å². The quantitative estimate of drug-likeness (QED) is 0.406.